The Balaban J connectivity index is 0.000000203. The van der Waals surface area contributed by atoms with Gasteiger partial charge in [0.25, 0.3) is 12.3 Å². The number of halogens is 6. The van der Waals surface area contributed by atoms with Crippen molar-refractivity contribution in [1.82, 2.24) is 14.8 Å². The van der Waals surface area contributed by atoms with Crippen LogP contribution in [0.25, 0.3) is 10.9 Å². The van der Waals surface area contributed by atoms with Gasteiger partial charge in [-0.1, -0.05) is 50.1 Å². The van der Waals surface area contributed by atoms with Gasteiger partial charge in [-0.15, -0.1) is 0 Å². The van der Waals surface area contributed by atoms with Gasteiger partial charge < -0.3 is 11.5 Å². The molecule has 192 valence electrons. The van der Waals surface area contributed by atoms with Gasteiger partial charge in [-0.2, -0.15) is 18.3 Å². The normalized spacial score (nSPS) is 13.6. The lowest BCUT2D eigenvalue weighted by molar-refractivity contribution is -0.140. The van der Waals surface area contributed by atoms with E-state index in [0.29, 0.717) is 10.4 Å². The van der Waals surface area contributed by atoms with Gasteiger partial charge in [0.1, 0.15) is 11.4 Å². The van der Waals surface area contributed by atoms with Crippen LogP contribution < -0.4 is 11.5 Å². The van der Waals surface area contributed by atoms with E-state index < -0.39 is 29.9 Å². The molecule has 1 aliphatic carbocycles. The fraction of sp³-hybridized carbons (Fsp3) is 0.435. The lowest BCUT2D eigenvalue weighted by Crippen LogP contribution is -2.14. The van der Waals surface area contributed by atoms with Crippen LogP contribution in [0.4, 0.5) is 27.6 Å². The lowest BCUT2D eigenvalue weighted by atomic mass is 10.0. The summed E-state index contributed by atoms with van der Waals surface area (Å²) in [5.74, 6) is -0.880. The third kappa shape index (κ3) is 8.05. The molecule has 0 unspecified atom stereocenters. The van der Waals surface area contributed by atoms with E-state index in [0.717, 1.165) is 16.9 Å². The molecule has 2 heterocycles. The molecule has 35 heavy (non-hydrogen) atoms. The molecule has 0 saturated heterocycles. The number of alkyl halides is 5. The Hall–Kier alpha value is -2.95. The number of nitrogens with two attached hydrogens (primary N) is 2. The Labute approximate surface area is 204 Å². The number of amides is 1. The smallest absolute Gasteiger partial charge is 0.398 e. The highest BCUT2D eigenvalue weighted by Gasteiger charge is 2.33. The van der Waals surface area contributed by atoms with Crippen LogP contribution in [0.15, 0.2) is 30.5 Å². The molecule has 1 saturated carbocycles. The van der Waals surface area contributed by atoms with Crippen molar-refractivity contribution in [1.29, 1.82) is 0 Å². The Bertz CT molecular complexity index is 1120. The zero-order valence-corrected chi connectivity index (χ0v) is 19.8. The standard InChI is InChI=1S/C10H6ClF3N2.C7H9F2N3O.C6H12/c11-5-1-2-8-6(3-5)7(15)4-9(16-8)10(12,13)14;1-2-12-5(6(8)9)4(3-11-12)7(10)13;1-2-4-6-5-3-1/h1-4H,(H2,15,16);3,6H,2H2,1H3,(H2,10,13);1-6H2. The molecular formula is C23H27ClF5N5O. The summed E-state index contributed by atoms with van der Waals surface area (Å²) < 4.78 is 63.2. The number of aryl methyl sites for hydroxylation is 1. The largest absolute Gasteiger partial charge is 0.433 e. The lowest BCUT2D eigenvalue weighted by Gasteiger charge is -2.09. The Morgan fingerprint density at radius 1 is 1.11 bits per heavy atom. The molecule has 0 aliphatic heterocycles. The molecule has 6 nitrogen and oxygen atoms in total. The molecule has 0 atom stereocenters. The number of hydrogen-bond acceptors (Lipinski definition) is 4. The van der Waals surface area contributed by atoms with E-state index in [1.165, 1.54) is 56.7 Å². The summed E-state index contributed by atoms with van der Waals surface area (Å²) in [7, 11) is 0. The highest BCUT2D eigenvalue weighted by atomic mass is 35.5. The van der Waals surface area contributed by atoms with Crippen LogP contribution >= 0.6 is 11.6 Å². The van der Waals surface area contributed by atoms with Gasteiger partial charge in [-0.05, 0) is 31.2 Å². The number of anilines is 1. The maximum absolute atomic E-state index is 12.4. The number of primary amides is 1. The van der Waals surface area contributed by atoms with Crippen molar-refractivity contribution in [3.63, 3.8) is 0 Å². The molecule has 0 bridgehead atoms. The van der Waals surface area contributed by atoms with Crippen LogP contribution in [-0.4, -0.2) is 20.7 Å². The Morgan fingerprint density at radius 3 is 2.14 bits per heavy atom. The minimum absolute atomic E-state index is 0.0137. The van der Waals surface area contributed by atoms with Gasteiger partial charge in [0.15, 0.2) is 0 Å². The average molecular weight is 520 g/mol. The maximum atomic E-state index is 12.4. The molecule has 4 N–H and O–H groups in total. The SMILES string of the molecule is C1CCCCC1.CCn1ncc(C(N)=O)c1C(F)F.Nc1cc(C(F)(F)F)nc2ccc(Cl)cc12. The molecule has 4 rings (SSSR count). The van der Waals surface area contributed by atoms with Gasteiger partial charge in [-0.3, -0.25) is 9.48 Å². The third-order valence-electron chi connectivity index (χ3n) is 5.25. The predicted molar refractivity (Wildman–Crippen MR) is 125 cm³/mol. The number of fused-ring (bicyclic) bond motifs is 1. The number of rotatable bonds is 3. The summed E-state index contributed by atoms with van der Waals surface area (Å²) in [5.41, 5.74) is 8.99. The van der Waals surface area contributed by atoms with E-state index in [-0.39, 0.29) is 23.3 Å². The molecule has 2 aromatic heterocycles. The second-order valence-electron chi connectivity index (χ2n) is 7.80. The van der Waals surface area contributed by atoms with E-state index in [1.54, 1.807) is 6.92 Å². The number of hydrogen-bond donors (Lipinski definition) is 2. The van der Waals surface area contributed by atoms with Crippen LogP contribution in [0.1, 0.15) is 73.6 Å². The van der Waals surface area contributed by atoms with Crippen molar-refractivity contribution >= 4 is 34.1 Å². The van der Waals surface area contributed by atoms with Crippen molar-refractivity contribution in [3.05, 3.63) is 52.4 Å². The van der Waals surface area contributed by atoms with E-state index in [4.69, 9.17) is 23.1 Å². The molecule has 1 fully saturated rings. The van der Waals surface area contributed by atoms with E-state index in [1.807, 2.05) is 0 Å². The van der Waals surface area contributed by atoms with Crippen LogP contribution in [-0.2, 0) is 12.7 Å². The minimum Gasteiger partial charge on any atom is -0.398 e. The number of carbonyl (C=O) groups excluding carboxylic acids is 1. The second kappa shape index (κ2) is 12.7. The summed E-state index contributed by atoms with van der Waals surface area (Å²) in [6, 6.07) is 5.16. The summed E-state index contributed by atoms with van der Waals surface area (Å²) in [6.45, 7) is 1.94. The molecular weight excluding hydrogens is 493 g/mol. The summed E-state index contributed by atoms with van der Waals surface area (Å²) in [5, 5.41) is 4.43. The monoisotopic (exact) mass is 519 g/mol. The van der Waals surface area contributed by atoms with Gasteiger partial charge >= 0.3 is 6.18 Å². The first-order valence-corrected chi connectivity index (χ1v) is 11.4. The average Bonchev–Trinajstić information content (AvgIpc) is 3.26. The number of pyridine rings is 1. The van der Waals surface area contributed by atoms with Crippen molar-refractivity contribution in [2.75, 3.05) is 5.73 Å². The van der Waals surface area contributed by atoms with E-state index in [2.05, 4.69) is 10.1 Å². The molecule has 0 radical (unpaired) electrons. The van der Waals surface area contributed by atoms with Gasteiger partial charge in [0.05, 0.1) is 17.3 Å². The Morgan fingerprint density at radius 2 is 1.69 bits per heavy atom. The van der Waals surface area contributed by atoms with Gasteiger partial charge in [-0.25, -0.2) is 13.8 Å². The zero-order chi connectivity index (χ0) is 26.2. The molecule has 3 aromatic rings. The predicted octanol–water partition coefficient (Wildman–Crippen LogP) is 6.77. The number of nitrogens with zero attached hydrogens (tertiary/aromatic N) is 3. The molecule has 1 aromatic carbocycles. The van der Waals surface area contributed by atoms with Crippen LogP contribution in [0.2, 0.25) is 5.02 Å². The van der Waals surface area contributed by atoms with E-state index >= 15 is 0 Å². The van der Waals surface area contributed by atoms with Crippen LogP contribution in [0.5, 0.6) is 0 Å². The van der Waals surface area contributed by atoms with Crippen molar-refractivity contribution in [3.8, 4) is 0 Å². The minimum atomic E-state index is -4.50. The highest BCUT2D eigenvalue weighted by molar-refractivity contribution is 6.31. The fourth-order valence-electron chi connectivity index (χ4n) is 3.50. The topological polar surface area (TPSA) is 99.8 Å². The van der Waals surface area contributed by atoms with Crippen molar-refractivity contribution in [2.45, 2.75) is 64.6 Å². The van der Waals surface area contributed by atoms with Crippen LogP contribution in [0.3, 0.4) is 0 Å². The summed E-state index contributed by atoms with van der Waals surface area (Å²) >= 11 is 5.71. The summed E-state index contributed by atoms with van der Waals surface area (Å²) in [6.07, 6.45) is 2.83. The number of aromatic nitrogens is 3. The quantitative estimate of drug-likeness (QED) is 0.373. The molecule has 1 aliphatic rings. The van der Waals surface area contributed by atoms with Crippen molar-refractivity contribution < 1.29 is 26.7 Å². The Kier molecular flexibility index (Phi) is 10.2. The first kappa shape index (κ1) is 28.3. The first-order chi connectivity index (χ1) is 16.5. The van der Waals surface area contributed by atoms with E-state index in [9.17, 15) is 26.7 Å². The highest BCUT2D eigenvalue weighted by Crippen LogP contribution is 2.32. The fourth-order valence-corrected chi connectivity index (χ4v) is 3.67. The zero-order valence-electron chi connectivity index (χ0n) is 19.1. The molecule has 1 amide bonds. The molecule has 12 heteroatoms. The summed E-state index contributed by atoms with van der Waals surface area (Å²) in [4.78, 5) is 14.2. The first-order valence-electron chi connectivity index (χ1n) is 11.0. The number of carbonyl (C=O) groups is 1. The number of benzene rings is 1. The second-order valence-corrected chi connectivity index (χ2v) is 8.24. The number of nitrogen functional groups attached to an aromatic ring is 1. The molecule has 0 spiro atoms. The third-order valence-corrected chi connectivity index (χ3v) is 5.48. The van der Waals surface area contributed by atoms with Crippen molar-refractivity contribution in [2.24, 2.45) is 5.73 Å². The van der Waals surface area contributed by atoms with Crippen LogP contribution in [0, 0.1) is 0 Å². The van der Waals surface area contributed by atoms with Gasteiger partial charge in [0, 0.05) is 22.6 Å². The maximum Gasteiger partial charge on any atom is 0.433 e. The van der Waals surface area contributed by atoms with Gasteiger partial charge in [0.2, 0.25) is 0 Å².